The van der Waals surface area contributed by atoms with Gasteiger partial charge < -0.3 is 16.0 Å². The minimum Gasteiger partial charge on any atom is -0.367 e. The Labute approximate surface area is 118 Å². The van der Waals surface area contributed by atoms with E-state index in [4.69, 9.17) is 5.73 Å². The molecule has 3 N–H and O–H groups in total. The number of nitrogens with zero attached hydrogens (tertiary/aromatic N) is 1. The Morgan fingerprint density at radius 1 is 1.50 bits per heavy atom. The maximum absolute atomic E-state index is 13.9. The third-order valence-electron chi connectivity index (χ3n) is 4.68. The Hall–Kier alpha value is -1.62. The molecule has 0 aromatic heterocycles. The van der Waals surface area contributed by atoms with E-state index in [2.05, 4.69) is 17.1 Å². The van der Waals surface area contributed by atoms with Gasteiger partial charge in [0.2, 0.25) is 0 Å². The van der Waals surface area contributed by atoms with Crippen molar-refractivity contribution >= 4 is 11.6 Å². The van der Waals surface area contributed by atoms with Crippen LogP contribution in [0.4, 0.5) is 10.1 Å². The van der Waals surface area contributed by atoms with Crippen molar-refractivity contribution in [2.75, 3.05) is 24.5 Å². The SMILES string of the molecule is CCC1C2CNCC2CN1c1cccc(F)c1C(N)=O. The summed E-state index contributed by atoms with van der Waals surface area (Å²) in [5.74, 6) is -0.0730. The van der Waals surface area contributed by atoms with Gasteiger partial charge in [0.15, 0.2) is 0 Å². The van der Waals surface area contributed by atoms with Crippen LogP contribution in [0.15, 0.2) is 18.2 Å². The van der Waals surface area contributed by atoms with Gasteiger partial charge in [-0.15, -0.1) is 0 Å². The van der Waals surface area contributed by atoms with Gasteiger partial charge in [-0.2, -0.15) is 0 Å². The van der Waals surface area contributed by atoms with E-state index >= 15 is 0 Å². The van der Waals surface area contributed by atoms with Gasteiger partial charge >= 0.3 is 0 Å². The summed E-state index contributed by atoms with van der Waals surface area (Å²) in [7, 11) is 0. The number of fused-ring (bicyclic) bond motifs is 1. The first-order valence-corrected chi connectivity index (χ1v) is 7.19. The first-order chi connectivity index (χ1) is 9.63. The van der Waals surface area contributed by atoms with E-state index in [1.807, 2.05) is 0 Å². The van der Waals surface area contributed by atoms with Gasteiger partial charge in [0.1, 0.15) is 5.82 Å². The van der Waals surface area contributed by atoms with Crippen molar-refractivity contribution < 1.29 is 9.18 Å². The minimum absolute atomic E-state index is 0.0267. The molecule has 2 aliphatic rings. The number of primary amides is 1. The predicted molar refractivity (Wildman–Crippen MR) is 76.2 cm³/mol. The number of nitrogens with one attached hydrogen (secondary N) is 1. The van der Waals surface area contributed by atoms with Crippen LogP contribution in [-0.2, 0) is 0 Å². The summed E-state index contributed by atoms with van der Waals surface area (Å²) in [5, 5.41) is 3.42. The molecule has 1 aromatic rings. The van der Waals surface area contributed by atoms with E-state index in [-0.39, 0.29) is 5.56 Å². The van der Waals surface area contributed by atoms with Gasteiger partial charge in [0.25, 0.3) is 5.91 Å². The van der Waals surface area contributed by atoms with Crippen molar-refractivity contribution in [1.29, 1.82) is 0 Å². The maximum atomic E-state index is 13.9. The lowest BCUT2D eigenvalue weighted by Crippen LogP contribution is -2.36. The van der Waals surface area contributed by atoms with E-state index in [0.29, 0.717) is 23.6 Å². The van der Waals surface area contributed by atoms with Crippen molar-refractivity contribution in [2.45, 2.75) is 19.4 Å². The zero-order chi connectivity index (χ0) is 14.3. The molecule has 1 amide bonds. The second-order valence-electron chi connectivity index (χ2n) is 5.71. The Morgan fingerprint density at radius 2 is 2.30 bits per heavy atom. The number of amides is 1. The molecule has 5 heteroatoms. The zero-order valence-electron chi connectivity index (χ0n) is 11.6. The fourth-order valence-corrected chi connectivity index (χ4v) is 3.82. The number of hydrogen-bond donors (Lipinski definition) is 2. The summed E-state index contributed by atoms with van der Waals surface area (Å²) in [5.41, 5.74) is 6.05. The molecule has 0 aliphatic carbocycles. The highest BCUT2D eigenvalue weighted by Crippen LogP contribution is 2.39. The number of halogens is 1. The van der Waals surface area contributed by atoms with Crippen molar-refractivity contribution in [1.82, 2.24) is 5.32 Å². The quantitative estimate of drug-likeness (QED) is 0.877. The highest BCUT2D eigenvalue weighted by Gasteiger charge is 2.44. The molecule has 2 heterocycles. The smallest absolute Gasteiger partial charge is 0.253 e. The van der Waals surface area contributed by atoms with Crippen LogP contribution in [0.25, 0.3) is 0 Å². The van der Waals surface area contributed by atoms with Crippen LogP contribution in [0.3, 0.4) is 0 Å². The Kier molecular flexibility index (Phi) is 3.38. The lowest BCUT2D eigenvalue weighted by molar-refractivity contribution is 0.0997. The Bertz CT molecular complexity index is 534. The Morgan fingerprint density at radius 3 is 3.00 bits per heavy atom. The van der Waals surface area contributed by atoms with E-state index in [1.165, 1.54) is 6.07 Å². The number of carbonyl (C=O) groups is 1. The van der Waals surface area contributed by atoms with Gasteiger partial charge in [-0.25, -0.2) is 4.39 Å². The van der Waals surface area contributed by atoms with Gasteiger partial charge in [-0.1, -0.05) is 13.0 Å². The third kappa shape index (κ3) is 1.97. The topological polar surface area (TPSA) is 58.4 Å². The molecule has 20 heavy (non-hydrogen) atoms. The van der Waals surface area contributed by atoms with E-state index < -0.39 is 11.7 Å². The van der Waals surface area contributed by atoms with Crippen molar-refractivity contribution in [3.8, 4) is 0 Å². The monoisotopic (exact) mass is 277 g/mol. The number of rotatable bonds is 3. The molecule has 1 aromatic carbocycles. The lowest BCUT2D eigenvalue weighted by atomic mass is 9.92. The van der Waals surface area contributed by atoms with Crippen LogP contribution in [-0.4, -0.2) is 31.6 Å². The lowest BCUT2D eigenvalue weighted by Gasteiger charge is -2.30. The number of carbonyl (C=O) groups excluding carboxylic acids is 1. The highest BCUT2D eigenvalue weighted by molar-refractivity contribution is 5.99. The number of hydrogen-bond acceptors (Lipinski definition) is 3. The second kappa shape index (κ2) is 5.05. The van der Waals surface area contributed by atoms with Gasteiger partial charge in [-0.05, 0) is 30.4 Å². The molecule has 0 saturated carbocycles. The summed E-state index contributed by atoms with van der Waals surface area (Å²) in [6.07, 6.45) is 0.984. The minimum atomic E-state index is -0.692. The third-order valence-corrected chi connectivity index (χ3v) is 4.68. The van der Waals surface area contributed by atoms with Gasteiger partial charge in [0.05, 0.1) is 11.3 Å². The number of anilines is 1. The predicted octanol–water partition coefficient (Wildman–Crippen LogP) is 1.36. The molecular formula is C15H20FN3O. The number of nitrogens with two attached hydrogens (primary N) is 1. The Balaban J connectivity index is 2.01. The van der Waals surface area contributed by atoms with Gasteiger partial charge in [0, 0.05) is 25.7 Å². The zero-order valence-corrected chi connectivity index (χ0v) is 11.6. The summed E-state index contributed by atoms with van der Waals surface area (Å²) >= 11 is 0. The molecule has 2 fully saturated rings. The van der Waals surface area contributed by atoms with Crippen molar-refractivity contribution in [3.63, 3.8) is 0 Å². The number of benzene rings is 1. The second-order valence-corrected chi connectivity index (χ2v) is 5.71. The molecule has 3 unspecified atom stereocenters. The van der Waals surface area contributed by atoms with Crippen LogP contribution in [0, 0.1) is 17.7 Å². The van der Waals surface area contributed by atoms with Crippen LogP contribution in [0.1, 0.15) is 23.7 Å². The summed E-state index contributed by atoms with van der Waals surface area (Å²) < 4.78 is 13.9. The van der Waals surface area contributed by atoms with Crippen molar-refractivity contribution in [2.24, 2.45) is 17.6 Å². The molecule has 3 rings (SSSR count). The maximum Gasteiger partial charge on any atom is 0.253 e. The summed E-state index contributed by atoms with van der Waals surface area (Å²) in [6, 6.07) is 5.09. The van der Waals surface area contributed by atoms with Crippen LogP contribution < -0.4 is 16.0 Å². The molecular weight excluding hydrogens is 257 g/mol. The van der Waals surface area contributed by atoms with Gasteiger partial charge in [-0.3, -0.25) is 4.79 Å². The molecule has 0 bridgehead atoms. The molecule has 4 nitrogen and oxygen atoms in total. The molecule has 0 radical (unpaired) electrons. The van der Waals surface area contributed by atoms with E-state index in [9.17, 15) is 9.18 Å². The van der Waals surface area contributed by atoms with E-state index in [1.54, 1.807) is 12.1 Å². The fourth-order valence-electron chi connectivity index (χ4n) is 3.82. The molecule has 0 spiro atoms. The average Bonchev–Trinajstić information content (AvgIpc) is 2.97. The molecule has 108 valence electrons. The molecule has 3 atom stereocenters. The van der Waals surface area contributed by atoms with Crippen LogP contribution in [0.5, 0.6) is 0 Å². The average molecular weight is 277 g/mol. The van der Waals surface area contributed by atoms with Crippen molar-refractivity contribution in [3.05, 3.63) is 29.6 Å². The summed E-state index contributed by atoms with van der Waals surface area (Å²) in [4.78, 5) is 13.8. The normalized spacial score (nSPS) is 28.7. The standard InChI is InChI=1S/C15H20FN3O/c1-2-12-10-7-18-6-9(10)8-19(12)13-5-3-4-11(16)14(13)15(17)20/h3-5,9-10,12,18H,2,6-8H2,1H3,(H2,17,20). The van der Waals surface area contributed by atoms with E-state index in [0.717, 1.165) is 26.1 Å². The molecule has 2 aliphatic heterocycles. The first kappa shape index (κ1) is 13.4. The van der Waals surface area contributed by atoms with Crippen LogP contribution >= 0.6 is 0 Å². The largest absolute Gasteiger partial charge is 0.367 e. The summed E-state index contributed by atoms with van der Waals surface area (Å²) in [6.45, 7) is 5.00. The molecule has 2 saturated heterocycles. The van der Waals surface area contributed by atoms with Crippen LogP contribution in [0.2, 0.25) is 0 Å². The highest BCUT2D eigenvalue weighted by atomic mass is 19.1. The first-order valence-electron chi connectivity index (χ1n) is 7.19. The fraction of sp³-hybridized carbons (Fsp3) is 0.533.